The van der Waals surface area contributed by atoms with Crippen LogP contribution in [-0.2, 0) is 4.74 Å². The second-order valence-electron chi connectivity index (χ2n) is 3.46. The maximum atomic E-state index is 5.58. The fourth-order valence-corrected chi connectivity index (χ4v) is 1.91. The van der Waals surface area contributed by atoms with Gasteiger partial charge in [-0.25, -0.2) is 0 Å². The van der Waals surface area contributed by atoms with Crippen LogP contribution < -0.4 is 0 Å². The molecule has 2 aliphatic rings. The van der Waals surface area contributed by atoms with E-state index >= 15 is 0 Å². The second kappa shape index (κ2) is 2.39. The molecule has 3 unspecified atom stereocenters. The van der Waals surface area contributed by atoms with Crippen LogP contribution in [0.15, 0.2) is 12.2 Å². The highest BCUT2D eigenvalue weighted by Crippen LogP contribution is 2.31. The summed E-state index contributed by atoms with van der Waals surface area (Å²) in [5.41, 5.74) is 0. The van der Waals surface area contributed by atoms with E-state index in [0.29, 0.717) is 6.10 Å². The summed E-state index contributed by atoms with van der Waals surface area (Å²) in [4.78, 5) is 0. The molecular formula is C9H14O. The van der Waals surface area contributed by atoms with Gasteiger partial charge in [-0.1, -0.05) is 19.1 Å². The topological polar surface area (TPSA) is 9.23 Å². The van der Waals surface area contributed by atoms with Crippen molar-refractivity contribution in [1.29, 1.82) is 0 Å². The number of hydrogen-bond acceptors (Lipinski definition) is 1. The van der Waals surface area contributed by atoms with E-state index in [-0.39, 0.29) is 0 Å². The molecule has 1 heteroatoms. The van der Waals surface area contributed by atoms with E-state index in [4.69, 9.17) is 4.74 Å². The van der Waals surface area contributed by atoms with Crippen molar-refractivity contribution in [3.63, 3.8) is 0 Å². The molecule has 0 amide bonds. The number of ether oxygens (including phenoxy) is 1. The molecule has 1 nitrogen and oxygen atoms in total. The monoisotopic (exact) mass is 138 g/mol. The SMILES string of the molecule is CC1C=CC2CCOC2C1. The minimum Gasteiger partial charge on any atom is -0.378 e. The van der Waals surface area contributed by atoms with Crippen LogP contribution >= 0.6 is 0 Å². The lowest BCUT2D eigenvalue weighted by atomic mass is 9.87. The Hall–Kier alpha value is -0.300. The Labute approximate surface area is 62.1 Å². The average molecular weight is 138 g/mol. The van der Waals surface area contributed by atoms with E-state index in [1.54, 1.807) is 0 Å². The lowest BCUT2D eigenvalue weighted by Crippen LogP contribution is -2.20. The van der Waals surface area contributed by atoms with E-state index in [2.05, 4.69) is 19.1 Å². The van der Waals surface area contributed by atoms with Gasteiger partial charge >= 0.3 is 0 Å². The highest BCUT2D eigenvalue weighted by molar-refractivity contribution is 5.02. The number of fused-ring (bicyclic) bond motifs is 1. The minimum absolute atomic E-state index is 0.556. The van der Waals surface area contributed by atoms with Crippen LogP contribution in [0.25, 0.3) is 0 Å². The normalized spacial score (nSPS) is 45.5. The van der Waals surface area contributed by atoms with Gasteiger partial charge in [0, 0.05) is 12.5 Å². The summed E-state index contributed by atoms with van der Waals surface area (Å²) in [6.07, 6.45) is 7.71. The van der Waals surface area contributed by atoms with Gasteiger partial charge in [0.05, 0.1) is 6.10 Å². The van der Waals surface area contributed by atoms with Gasteiger partial charge in [-0.05, 0) is 18.8 Å². The molecule has 0 radical (unpaired) electrons. The highest BCUT2D eigenvalue weighted by Gasteiger charge is 2.29. The molecule has 0 aromatic heterocycles. The fourth-order valence-electron chi connectivity index (χ4n) is 1.91. The molecule has 0 spiro atoms. The van der Waals surface area contributed by atoms with Crippen molar-refractivity contribution in [3.8, 4) is 0 Å². The molecule has 0 aromatic rings. The largest absolute Gasteiger partial charge is 0.378 e. The Morgan fingerprint density at radius 3 is 3.20 bits per heavy atom. The molecular weight excluding hydrogens is 124 g/mol. The van der Waals surface area contributed by atoms with Crippen LogP contribution in [-0.4, -0.2) is 12.7 Å². The Morgan fingerprint density at radius 2 is 2.30 bits per heavy atom. The maximum absolute atomic E-state index is 5.58. The third-order valence-corrected chi connectivity index (χ3v) is 2.55. The van der Waals surface area contributed by atoms with Gasteiger partial charge in [-0.15, -0.1) is 0 Å². The van der Waals surface area contributed by atoms with Crippen molar-refractivity contribution in [3.05, 3.63) is 12.2 Å². The van der Waals surface area contributed by atoms with Crippen LogP contribution in [0.2, 0.25) is 0 Å². The van der Waals surface area contributed by atoms with Crippen molar-refractivity contribution in [2.75, 3.05) is 6.61 Å². The molecule has 1 fully saturated rings. The van der Waals surface area contributed by atoms with Gasteiger partial charge in [-0.2, -0.15) is 0 Å². The molecule has 1 aliphatic carbocycles. The Bertz CT molecular complexity index is 151. The Kier molecular flexibility index (Phi) is 1.53. The molecule has 0 aromatic carbocycles. The van der Waals surface area contributed by atoms with Gasteiger partial charge in [0.1, 0.15) is 0 Å². The molecule has 0 saturated carbocycles. The summed E-state index contributed by atoms with van der Waals surface area (Å²) in [5, 5.41) is 0. The quantitative estimate of drug-likeness (QED) is 0.465. The molecule has 10 heavy (non-hydrogen) atoms. The van der Waals surface area contributed by atoms with Crippen molar-refractivity contribution in [1.82, 2.24) is 0 Å². The molecule has 1 heterocycles. The first kappa shape index (κ1) is 6.41. The molecule has 56 valence electrons. The van der Waals surface area contributed by atoms with Gasteiger partial charge in [-0.3, -0.25) is 0 Å². The van der Waals surface area contributed by atoms with E-state index < -0.39 is 0 Å². The minimum atomic E-state index is 0.556. The van der Waals surface area contributed by atoms with E-state index in [0.717, 1.165) is 18.4 Å². The molecule has 0 bridgehead atoms. The average Bonchev–Trinajstić information content (AvgIpc) is 2.33. The number of hydrogen-bond donors (Lipinski definition) is 0. The summed E-state index contributed by atoms with van der Waals surface area (Å²) < 4.78 is 5.58. The number of rotatable bonds is 0. The first-order chi connectivity index (χ1) is 4.86. The molecule has 1 saturated heterocycles. The van der Waals surface area contributed by atoms with Crippen LogP contribution in [0.1, 0.15) is 19.8 Å². The molecule has 0 N–H and O–H groups in total. The zero-order valence-electron chi connectivity index (χ0n) is 6.42. The lowest BCUT2D eigenvalue weighted by molar-refractivity contribution is 0.0804. The third-order valence-electron chi connectivity index (χ3n) is 2.55. The predicted octanol–water partition coefficient (Wildman–Crippen LogP) is 1.99. The summed E-state index contributed by atoms with van der Waals surface area (Å²) in [7, 11) is 0. The molecule has 2 rings (SSSR count). The maximum Gasteiger partial charge on any atom is 0.0644 e. The van der Waals surface area contributed by atoms with Crippen LogP contribution in [0, 0.1) is 11.8 Å². The standard InChI is InChI=1S/C9H14O/c1-7-2-3-8-4-5-10-9(8)6-7/h2-3,7-9H,4-6H2,1H3. The van der Waals surface area contributed by atoms with E-state index in [9.17, 15) is 0 Å². The van der Waals surface area contributed by atoms with Gasteiger partial charge < -0.3 is 4.74 Å². The lowest BCUT2D eigenvalue weighted by Gasteiger charge is -2.22. The third kappa shape index (κ3) is 0.988. The van der Waals surface area contributed by atoms with E-state index in [1.807, 2.05) is 0 Å². The van der Waals surface area contributed by atoms with Gasteiger partial charge in [0.2, 0.25) is 0 Å². The van der Waals surface area contributed by atoms with Crippen molar-refractivity contribution in [2.45, 2.75) is 25.9 Å². The summed E-state index contributed by atoms with van der Waals surface area (Å²) in [5.74, 6) is 1.48. The van der Waals surface area contributed by atoms with Crippen molar-refractivity contribution < 1.29 is 4.74 Å². The second-order valence-corrected chi connectivity index (χ2v) is 3.46. The Morgan fingerprint density at radius 1 is 1.40 bits per heavy atom. The first-order valence-electron chi connectivity index (χ1n) is 4.16. The fraction of sp³-hybridized carbons (Fsp3) is 0.778. The zero-order valence-corrected chi connectivity index (χ0v) is 6.42. The van der Waals surface area contributed by atoms with Gasteiger partial charge in [0.15, 0.2) is 0 Å². The molecule has 3 atom stereocenters. The van der Waals surface area contributed by atoms with Crippen molar-refractivity contribution in [2.24, 2.45) is 11.8 Å². The van der Waals surface area contributed by atoms with Crippen LogP contribution in [0.4, 0.5) is 0 Å². The summed E-state index contributed by atoms with van der Waals surface area (Å²) in [6.45, 7) is 3.24. The summed E-state index contributed by atoms with van der Waals surface area (Å²) >= 11 is 0. The van der Waals surface area contributed by atoms with Crippen LogP contribution in [0.5, 0.6) is 0 Å². The first-order valence-corrected chi connectivity index (χ1v) is 4.16. The van der Waals surface area contributed by atoms with Crippen molar-refractivity contribution >= 4 is 0 Å². The Balaban J connectivity index is 2.09. The highest BCUT2D eigenvalue weighted by atomic mass is 16.5. The van der Waals surface area contributed by atoms with Crippen LogP contribution in [0.3, 0.4) is 0 Å². The smallest absolute Gasteiger partial charge is 0.0644 e. The number of allylic oxidation sites excluding steroid dienone is 1. The van der Waals surface area contributed by atoms with Gasteiger partial charge in [0.25, 0.3) is 0 Å². The van der Waals surface area contributed by atoms with E-state index in [1.165, 1.54) is 12.8 Å². The summed E-state index contributed by atoms with van der Waals surface area (Å²) in [6, 6.07) is 0. The predicted molar refractivity (Wildman–Crippen MR) is 40.8 cm³/mol. The molecule has 1 aliphatic heterocycles. The zero-order chi connectivity index (χ0) is 6.97.